The zero-order valence-electron chi connectivity index (χ0n) is 20.6. The number of rotatable bonds is 8. The Morgan fingerprint density at radius 2 is 1.26 bits per heavy atom. The van der Waals surface area contributed by atoms with Crippen molar-refractivity contribution in [3.8, 4) is 0 Å². The van der Waals surface area contributed by atoms with Gasteiger partial charge in [0.15, 0.2) is 0 Å². The lowest BCUT2D eigenvalue weighted by Crippen LogP contribution is -2.48. The Labute approximate surface area is 211 Å². The molecule has 0 saturated carbocycles. The van der Waals surface area contributed by atoms with E-state index in [4.69, 9.17) is 14.2 Å². The van der Waals surface area contributed by atoms with Gasteiger partial charge in [-0.15, -0.1) is 39.5 Å². The van der Waals surface area contributed by atoms with Gasteiger partial charge in [-0.2, -0.15) is 0 Å². The highest BCUT2D eigenvalue weighted by molar-refractivity contribution is 5.82. The molecule has 0 aliphatic carbocycles. The first-order chi connectivity index (χ1) is 14.4. The summed E-state index contributed by atoms with van der Waals surface area (Å²) in [5.41, 5.74) is -0.666. The molecular weight excluding hydrogens is 434 g/mol. The predicted molar refractivity (Wildman–Crippen MR) is 148 cm³/mol. The van der Waals surface area contributed by atoms with Crippen LogP contribution in [0, 0.1) is 11.8 Å². The van der Waals surface area contributed by atoms with Crippen LogP contribution in [-0.4, -0.2) is 54.8 Å². The first kappa shape index (κ1) is 48.6. The van der Waals surface area contributed by atoms with Gasteiger partial charge in [0, 0.05) is 7.05 Å². The zero-order chi connectivity index (χ0) is 25.8. The molecule has 7 heteroatoms. The minimum atomic E-state index is -0.814. The molecule has 0 bridgehead atoms. The predicted octanol–water partition coefficient (Wildman–Crippen LogP) is 7.10. The summed E-state index contributed by atoms with van der Waals surface area (Å²) >= 11 is 0. The molecule has 0 N–H and O–H groups in total. The highest BCUT2D eigenvalue weighted by atomic mass is 16.6. The number of amides is 1. The molecule has 0 radical (unpaired) electrons. The highest BCUT2D eigenvalue weighted by Crippen LogP contribution is 2.16. The average molecular weight is 490 g/mol. The Bertz CT molecular complexity index is 521. The van der Waals surface area contributed by atoms with E-state index in [-0.39, 0.29) is 41.4 Å². The van der Waals surface area contributed by atoms with Gasteiger partial charge in [-0.1, -0.05) is 48.8 Å². The Hall–Kier alpha value is -2.83. The molecule has 2 atom stereocenters. The lowest BCUT2D eigenvalue weighted by atomic mass is 10.0. The number of esters is 2. The topological polar surface area (TPSA) is 82.1 Å². The van der Waals surface area contributed by atoms with Crippen molar-refractivity contribution in [3.05, 3.63) is 52.1 Å². The fraction of sp³-hybridized carbons (Fsp3) is 0.593. The van der Waals surface area contributed by atoms with Gasteiger partial charge in [-0.3, -0.25) is 9.69 Å². The van der Waals surface area contributed by atoms with E-state index in [1.165, 1.54) is 18.0 Å². The third-order valence-corrected chi connectivity index (χ3v) is 3.19. The summed E-state index contributed by atoms with van der Waals surface area (Å²) in [5, 5.41) is 0. The summed E-state index contributed by atoms with van der Waals surface area (Å²) in [6.45, 7) is 31.9. The Morgan fingerprint density at radius 1 is 0.853 bits per heavy atom. The van der Waals surface area contributed by atoms with Crippen molar-refractivity contribution in [1.82, 2.24) is 4.90 Å². The van der Waals surface area contributed by atoms with Crippen molar-refractivity contribution >= 4 is 18.0 Å². The van der Waals surface area contributed by atoms with Crippen molar-refractivity contribution in [2.45, 2.75) is 75.5 Å². The van der Waals surface area contributed by atoms with Crippen molar-refractivity contribution in [2.24, 2.45) is 11.8 Å². The Morgan fingerprint density at radius 3 is 1.59 bits per heavy atom. The Balaban J connectivity index is -0.000000149. The molecule has 204 valence electrons. The van der Waals surface area contributed by atoms with E-state index in [9.17, 15) is 14.4 Å². The lowest BCUT2D eigenvalue weighted by Gasteiger charge is -2.31. The van der Waals surface area contributed by atoms with Crippen LogP contribution in [0.3, 0.4) is 0 Å². The summed E-state index contributed by atoms with van der Waals surface area (Å²) in [7, 11) is 1.49. The van der Waals surface area contributed by atoms with Crippen LogP contribution in [0.15, 0.2) is 52.1 Å². The molecule has 0 aromatic carbocycles. The number of carbonyl (C=O) groups excluding carboxylic acids is 3. The number of ether oxygens (including phenoxy) is 3. The normalized spacial score (nSPS) is 10.4. The van der Waals surface area contributed by atoms with E-state index >= 15 is 0 Å². The number of nitrogens with zero attached hydrogens (tertiary/aromatic N) is 1. The van der Waals surface area contributed by atoms with Gasteiger partial charge in [0.1, 0.15) is 24.9 Å². The van der Waals surface area contributed by atoms with Crippen LogP contribution in [-0.2, 0) is 23.8 Å². The zero-order valence-corrected chi connectivity index (χ0v) is 20.6. The monoisotopic (exact) mass is 489 g/mol. The first-order valence-corrected chi connectivity index (χ1v) is 9.80. The molecular formula is C27H55NO6. The fourth-order valence-electron chi connectivity index (χ4n) is 1.97. The first-order valence-electron chi connectivity index (χ1n) is 9.80. The largest absolute Gasteiger partial charge is 0.463 e. The minimum Gasteiger partial charge on any atom is -0.463 e. The summed E-state index contributed by atoms with van der Waals surface area (Å²) in [5.74, 6) is -1.86. The fourth-order valence-corrected chi connectivity index (χ4v) is 1.97. The van der Waals surface area contributed by atoms with E-state index < -0.39 is 35.6 Å². The minimum absolute atomic E-state index is 0. The number of likely N-dealkylation sites (N-methyl/N-ethyl adjacent to an activating group) is 1. The van der Waals surface area contributed by atoms with E-state index in [1.54, 1.807) is 41.5 Å². The molecule has 0 aliphatic heterocycles. The second-order valence-corrected chi connectivity index (χ2v) is 7.23. The lowest BCUT2D eigenvalue weighted by molar-refractivity contribution is -0.157. The van der Waals surface area contributed by atoms with Crippen LogP contribution in [0.1, 0.15) is 63.8 Å². The Kier molecular flexibility index (Phi) is 40.3. The molecule has 0 aromatic heterocycles. The maximum Gasteiger partial charge on any atom is 0.410 e. The van der Waals surface area contributed by atoms with Crippen molar-refractivity contribution in [2.75, 3.05) is 20.3 Å². The van der Waals surface area contributed by atoms with Crippen molar-refractivity contribution in [1.29, 1.82) is 0 Å². The second-order valence-electron chi connectivity index (χ2n) is 7.23. The maximum absolute atomic E-state index is 12.4. The standard InChI is InChI=1S/C18H31NO6.3C2H4.3CH4/c1-9-10-23-15(20)13(4)11-24-16(21)14(12(2)3)19(8)17(22)25-18(5,6)7;3*1-2;;;/h9,12-14H,1,10-11H2,2-8H3;3*1-2H2;3*1H4/t13-,14+;;;;;;/m1....../s1. The van der Waals surface area contributed by atoms with Gasteiger partial charge in [-0.25, -0.2) is 9.59 Å². The second kappa shape index (κ2) is 28.2. The van der Waals surface area contributed by atoms with Crippen LogP contribution >= 0.6 is 0 Å². The molecule has 0 aliphatic rings. The van der Waals surface area contributed by atoms with Crippen LogP contribution in [0.4, 0.5) is 4.79 Å². The van der Waals surface area contributed by atoms with Gasteiger partial charge < -0.3 is 14.2 Å². The van der Waals surface area contributed by atoms with Gasteiger partial charge in [-0.05, 0) is 33.6 Å². The molecule has 0 rings (SSSR count). The van der Waals surface area contributed by atoms with Crippen molar-refractivity contribution in [3.63, 3.8) is 0 Å². The molecule has 0 unspecified atom stereocenters. The summed E-state index contributed by atoms with van der Waals surface area (Å²) < 4.78 is 15.4. The summed E-state index contributed by atoms with van der Waals surface area (Å²) in [6, 6.07) is -0.814. The summed E-state index contributed by atoms with van der Waals surface area (Å²) in [6.07, 6.45) is 0.850. The molecule has 0 heterocycles. The van der Waals surface area contributed by atoms with E-state index in [0.29, 0.717) is 0 Å². The SMILES string of the molecule is C.C.C.C=C.C=C.C=C.C=CCOC(=O)[C@H](C)COC(=O)[C@H](C(C)C)N(C)C(=O)OC(C)(C)C. The molecule has 34 heavy (non-hydrogen) atoms. The van der Waals surface area contributed by atoms with Crippen LogP contribution < -0.4 is 0 Å². The van der Waals surface area contributed by atoms with Gasteiger partial charge in [0.2, 0.25) is 0 Å². The molecule has 0 aromatic rings. The van der Waals surface area contributed by atoms with E-state index in [1.807, 2.05) is 0 Å². The molecule has 1 amide bonds. The molecule has 0 saturated heterocycles. The number of hydrogen-bond acceptors (Lipinski definition) is 6. The average Bonchev–Trinajstić information content (AvgIpc) is 2.73. The van der Waals surface area contributed by atoms with Gasteiger partial charge in [0.05, 0.1) is 5.92 Å². The van der Waals surface area contributed by atoms with Crippen LogP contribution in [0.25, 0.3) is 0 Å². The van der Waals surface area contributed by atoms with Gasteiger partial charge >= 0.3 is 18.0 Å². The molecule has 7 nitrogen and oxygen atoms in total. The highest BCUT2D eigenvalue weighted by Gasteiger charge is 2.34. The maximum atomic E-state index is 12.4. The molecule has 0 spiro atoms. The van der Waals surface area contributed by atoms with E-state index in [2.05, 4.69) is 46.1 Å². The third kappa shape index (κ3) is 23.8. The smallest absolute Gasteiger partial charge is 0.410 e. The number of carbonyl (C=O) groups is 3. The van der Waals surface area contributed by atoms with Crippen LogP contribution in [0.5, 0.6) is 0 Å². The molecule has 0 fully saturated rings. The summed E-state index contributed by atoms with van der Waals surface area (Å²) in [4.78, 5) is 37.5. The van der Waals surface area contributed by atoms with Crippen LogP contribution in [0.2, 0.25) is 0 Å². The van der Waals surface area contributed by atoms with Crippen molar-refractivity contribution < 1.29 is 28.6 Å². The quantitative estimate of drug-likeness (QED) is 0.205. The van der Waals surface area contributed by atoms with E-state index in [0.717, 1.165) is 0 Å². The van der Waals surface area contributed by atoms with Gasteiger partial charge in [0.25, 0.3) is 0 Å². The number of hydrogen-bond donors (Lipinski definition) is 0. The third-order valence-electron chi connectivity index (χ3n) is 3.19.